The van der Waals surface area contributed by atoms with Crippen molar-refractivity contribution in [2.24, 2.45) is 0 Å². The molecule has 1 aliphatic rings. The largest absolute Gasteiger partial charge is 0.480 e. The quantitative estimate of drug-likeness (QED) is 0.281. The molecule has 2 rings (SSSR count). The number of aromatic amines is 1. The lowest BCUT2D eigenvalue weighted by atomic mass is 10.1. The zero-order chi connectivity index (χ0) is 18.9. The Morgan fingerprint density at radius 1 is 1.27 bits per heavy atom. The number of hydrogen-bond donors (Lipinski definition) is 6. The average molecular weight is 366 g/mol. The van der Waals surface area contributed by atoms with Crippen LogP contribution < -0.4 is 21.3 Å². The molecule has 1 fully saturated rings. The number of aromatic nitrogens is 2. The van der Waals surface area contributed by atoms with E-state index >= 15 is 0 Å². The van der Waals surface area contributed by atoms with Gasteiger partial charge < -0.3 is 31.4 Å². The van der Waals surface area contributed by atoms with Gasteiger partial charge in [-0.2, -0.15) is 0 Å². The molecule has 0 bridgehead atoms. The van der Waals surface area contributed by atoms with Gasteiger partial charge in [0.05, 0.1) is 18.9 Å². The number of H-pyrrole nitrogens is 1. The Morgan fingerprint density at radius 2 is 2.08 bits per heavy atom. The maximum atomic E-state index is 12.4. The second-order valence-corrected chi connectivity index (χ2v) is 5.88. The van der Waals surface area contributed by atoms with Gasteiger partial charge >= 0.3 is 5.97 Å². The number of rotatable bonds is 9. The summed E-state index contributed by atoms with van der Waals surface area (Å²) in [6, 6.07) is -1.23. The molecular weight excluding hydrogens is 344 g/mol. The summed E-state index contributed by atoms with van der Waals surface area (Å²) in [6.45, 7) is -0.168. The highest BCUT2D eigenvalue weighted by atomic mass is 16.4. The molecule has 1 aliphatic heterocycles. The molecule has 26 heavy (non-hydrogen) atoms. The van der Waals surface area contributed by atoms with Crippen LogP contribution in [0.1, 0.15) is 18.5 Å². The lowest BCUT2D eigenvalue weighted by Crippen LogP contribution is -2.53. The molecule has 0 saturated carbocycles. The normalized spacial score (nSPS) is 17.3. The van der Waals surface area contributed by atoms with Crippen LogP contribution in [0.5, 0.6) is 0 Å². The van der Waals surface area contributed by atoms with E-state index in [-0.39, 0.29) is 24.9 Å². The first kappa shape index (κ1) is 19.4. The van der Waals surface area contributed by atoms with Crippen molar-refractivity contribution in [2.45, 2.75) is 31.3 Å². The lowest BCUT2D eigenvalue weighted by Gasteiger charge is -2.20. The van der Waals surface area contributed by atoms with Crippen molar-refractivity contribution < 1.29 is 24.3 Å². The monoisotopic (exact) mass is 366 g/mol. The third kappa shape index (κ3) is 6.16. The lowest BCUT2D eigenvalue weighted by molar-refractivity contribution is -0.138. The highest BCUT2D eigenvalue weighted by Crippen LogP contribution is 2.06. The maximum Gasteiger partial charge on any atom is 0.322 e. The van der Waals surface area contributed by atoms with Gasteiger partial charge in [0.15, 0.2) is 0 Å². The number of carbonyl (C=O) groups is 4. The summed E-state index contributed by atoms with van der Waals surface area (Å²) in [5.41, 5.74) is 0.653. The molecule has 11 nitrogen and oxygen atoms in total. The minimum absolute atomic E-state index is 0.182. The van der Waals surface area contributed by atoms with Crippen molar-refractivity contribution in [1.29, 1.82) is 0 Å². The van der Waals surface area contributed by atoms with Crippen LogP contribution in [0.25, 0.3) is 0 Å². The van der Waals surface area contributed by atoms with E-state index in [0.717, 1.165) is 13.0 Å². The van der Waals surface area contributed by atoms with Gasteiger partial charge in [-0.25, -0.2) is 4.98 Å². The first-order valence-electron chi connectivity index (χ1n) is 8.23. The molecule has 1 saturated heterocycles. The van der Waals surface area contributed by atoms with Crippen LogP contribution in [-0.4, -0.2) is 70.5 Å². The predicted molar refractivity (Wildman–Crippen MR) is 88.9 cm³/mol. The van der Waals surface area contributed by atoms with E-state index < -0.39 is 30.4 Å². The highest BCUT2D eigenvalue weighted by molar-refractivity contribution is 5.92. The van der Waals surface area contributed by atoms with Crippen LogP contribution in [0, 0.1) is 0 Å². The summed E-state index contributed by atoms with van der Waals surface area (Å²) in [5.74, 6) is -2.64. The minimum Gasteiger partial charge on any atom is -0.480 e. The zero-order valence-electron chi connectivity index (χ0n) is 14.1. The van der Waals surface area contributed by atoms with Gasteiger partial charge in [-0.3, -0.25) is 19.2 Å². The Morgan fingerprint density at radius 3 is 2.69 bits per heavy atom. The number of nitrogens with zero attached hydrogens (tertiary/aromatic N) is 1. The predicted octanol–water partition coefficient (Wildman–Crippen LogP) is -2.49. The molecule has 0 radical (unpaired) electrons. The van der Waals surface area contributed by atoms with Crippen LogP contribution >= 0.6 is 0 Å². The van der Waals surface area contributed by atoms with Gasteiger partial charge in [-0.05, 0) is 19.4 Å². The number of carboxylic acid groups (broad SMARTS) is 1. The van der Waals surface area contributed by atoms with Gasteiger partial charge in [0.1, 0.15) is 12.6 Å². The fraction of sp³-hybridized carbons (Fsp3) is 0.533. The van der Waals surface area contributed by atoms with Crippen LogP contribution in [0.4, 0.5) is 0 Å². The Labute approximate surface area is 149 Å². The topological polar surface area (TPSA) is 165 Å². The minimum atomic E-state index is -1.18. The van der Waals surface area contributed by atoms with Crippen molar-refractivity contribution in [1.82, 2.24) is 31.2 Å². The molecule has 0 spiro atoms. The standard InChI is InChI=1S/C15H22N6O5/c22-12(18-7-13(23)24)6-19-14(25)11(4-9-5-16-8-20-9)21-15(26)10-2-1-3-17-10/h5,8,10-11,17H,1-4,6-7H2,(H,16,20)(H,18,22)(H,19,25)(H,21,26)(H,23,24). The summed E-state index contributed by atoms with van der Waals surface area (Å²) < 4.78 is 0. The van der Waals surface area contributed by atoms with E-state index in [0.29, 0.717) is 12.1 Å². The van der Waals surface area contributed by atoms with Crippen LogP contribution in [0.15, 0.2) is 12.5 Å². The second kappa shape index (κ2) is 9.51. The Kier molecular flexibility index (Phi) is 7.09. The molecule has 6 N–H and O–H groups in total. The highest BCUT2D eigenvalue weighted by Gasteiger charge is 2.28. The molecule has 2 atom stereocenters. The van der Waals surface area contributed by atoms with Gasteiger partial charge in [0, 0.05) is 18.3 Å². The smallest absolute Gasteiger partial charge is 0.322 e. The van der Waals surface area contributed by atoms with Gasteiger partial charge in [0.2, 0.25) is 17.7 Å². The van der Waals surface area contributed by atoms with E-state index in [4.69, 9.17) is 5.11 Å². The number of amides is 3. The first-order valence-corrected chi connectivity index (χ1v) is 8.23. The van der Waals surface area contributed by atoms with Crippen LogP contribution in [-0.2, 0) is 25.6 Å². The molecular formula is C15H22N6O5. The zero-order valence-corrected chi connectivity index (χ0v) is 14.1. The molecule has 0 aromatic carbocycles. The Bertz CT molecular complexity index is 641. The Hall–Kier alpha value is -2.95. The van der Waals surface area contributed by atoms with Gasteiger partial charge in [-0.15, -0.1) is 0 Å². The molecule has 142 valence electrons. The molecule has 0 aliphatic carbocycles. The summed E-state index contributed by atoms with van der Waals surface area (Å²) in [4.78, 5) is 53.3. The first-order chi connectivity index (χ1) is 12.5. The third-order valence-corrected chi connectivity index (χ3v) is 3.85. The number of nitrogens with one attached hydrogen (secondary N) is 5. The third-order valence-electron chi connectivity index (χ3n) is 3.85. The van der Waals surface area contributed by atoms with Crippen molar-refractivity contribution in [3.05, 3.63) is 18.2 Å². The van der Waals surface area contributed by atoms with Crippen molar-refractivity contribution >= 4 is 23.7 Å². The fourth-order valence-electron chi connectivity index (χ4n) is 2.53. The summed E-state index contributed by atoms with van der Waals surface area (Å²) >= 11 is 0. The van der Waals surface area contributed by atoms with E-state index in [1.165, 1.54) is 6.33 Å². The average Bonchev–Trinajstić information content (AvgIpc) is 3.30. The van der Waals surface area contributed by atoms with Crippen molar-refractivity contribution in [2.75, 3.05) is 19.6 Å². The van der Waals surface area contributed by atoms with E-state index in [9.17, 15) is 19.2 Å². The second-order valence-electron chi connectivity index (χ2n) is 5.88. The number of aliphatic carboxylic acids is 1. The summed E-state index contributed by atoms with van der Waals surface area (Å²) in [7, 11) is 0. The van der Waals surface area contributed by atoms with E-state index in [1.807, 2.05) is 0 Å². The summed E-state index contributed by atoms with van der Waals surface area (Å²) in [5, 5.41) is 18.8. The van der Waals surface area contributed by atoms with E-state index in [2.05, 4.69) is 31.2 Å². The number of carboxylic acids is 1. The van der Waals surface area contributed by atoms with Crippen LogP contribution in [0.2, 0.25) is 0 Å². The van der Waals surface area contributed by atoms with Crippen LogP contribution in [0.3, 0.4) is 0 Å². The number of carbonyl (C=O) groups excluding carboxylic acids is 3. The van der Waals surface area contributed by atoms with Gasteiger partial charge in [-0.1, -0.05) is 0 Å². The van der Waals surface area contributed by atoms with E-state index in [1.54, 1.807) is 6.20 Å². The maximum absolute atomic E-state index is 12.4. The van der Waals surface area contributed by atoms with Crippen molar-refractivity contribution in [3.63, 3.8) is 0 Å². The molecule has 1 aromatic rings. The Balaban J connectivity index is 1.90. The molecule has 2 unspecified atom stereocenters. The molecule has 2 heterocycles. The van der Waals surface area contributed by atoms with Gasteiger partial charge in [0.25, 0.3) is 0 Å². The molecule has 11 heteroatoms. The molecule has 1 aromatic heterocycles. The molecule has 3 amide bonds. The summed E-state index contributed by atoms with van der Waals surface area (Å²) in [6.07, 6.45) is 4.77. The number of imidazole rings is 1. The van der Waals surface area contributed by atoms with Crippen molar-refractivity contribution in [3.8, 4) is 0 Å². The fourth-order valence-corrected chi connectivity index (χ4v) is 2.53. The number of hydrogen-bond acceptors (Lipinski definition) is 6. The SMILES string of the molecule is O=C(O)CNC(=O)CNC(=O)C(Cc1cnc[nH]1)NC(=O)C1CCCN1.